The summed E-state index contributed by atoms with van der Waals surface area (Å²) in [5.74, 6) is -0.581. The zero-order valence-electron chi connectivity index (χ0n) is 15.0. The van der Waals surface area contributed by atoms with Crippen molar-refractivity contribution >= 4 is 11.9 Å². The maximum absolute atomic E-state index is 13.1. The molecule has 29 heavy (non-hydrogen) atoms. The Kier molecular flexibility index (Phi) is 4.69. The molecule has 3 aromatic rings. The van der Waals surface area contributed by atoms with Crippen LogP contribution in [-0.4, -0.2) is 36.6 Å². The summed E-state index contributed by atoms with van der Waals surface area (Å²) >= 11 is 0. The zero-order chi connectivity index (χ0) is 20.6. The van der Waals surface area contributed by atoms with Crippen molar-refractivity contribution in [2.75, 3.05) is 5.32 Å². The molecule has 1 aliphatic rings. The molecule has 0 saturated heterocycles. The first-order chi connectivity index (χ1) is 13.8. The van der Waals surface area contributed by atoms with Gasteiger partial charge < -0.3 is 10.4 Å². The average Bonchev–Trinajstić information content (AvgIpc) is 3.10. The number of rotatable bonds is 5. The van der Waals surface area contributed by atoms with Crippen LogP contribution in [0.3, 0.4) is 0 Å². The monoisotopic (exact) mass is 403 g/mol. The predicted octanol–water partition coefficient (Wildman–Crippen LogP) is 4.01. The Morgan fingerprint density at radius 2 is 2.00 bits per heavy atom. The lowest BCUT2D eigenvalue weighted by Gasteiger charge is -2.26. The van der Waals surface area contributed by atoms with Gasteiger partial charge in [0.25, 0.3) is 0 Å². The first kappa shape index (κ1) is 18.9. The van der Waals surface area contributed by atoms with E-state index in [1.807, 2.05) is 0 Å². The van der Waals surface area contributed by atoms with Crippen LogP contribution in [0.5, 0.6) is 0 Å². The van der Waals surface area contributed by atoms with Crippen LogP contribution in [0.15, 0.2) is 42.7 Å². The Morgan fingerprint density at radius 1 is 1.21 bits per heavy atom. The molecule has 4 rings (SSSR count). The van der Waals surface area contributed by atoms with Crippen LogP contribution in [0, 0.1) is 0 Å². The lowest BCUT2D eigenvalue weighted by molar-refractivity contribution is -0.137. The number of benzene rings is 1. The Balaban J connectivity index is 1.78. The Morgan fingerprint density at radius 3 is 2.66 bits per heavy atom. The van der Waals surface area contributed by atoms with Crippen LogP contribution in [-0.2, 0) is 6.18 Å². The molecule has 0 radical (unpaired) electrons. The summed E-state index contributed by atoms with van der Waals surface area (Å²) in [7, 11) is 0. The van der Waals surface area contributed by atoms with Gasteiger partial charge in [-0.2, -0.15) is 18.2 Å². The molecule has 1 aliphatic carbocycles. The minimum Gasteiger partial charge on any atom is -0.476 e. The number of nitrogens with one attached hydrogen (secondary N) is 1. The number of nitrogens with zero attached hydrogens (tertiary/aromatic N) is 4. The molecule has 2 heterocycles. The highest BCUT2D eigenvalue weighted by Gasteiger charge is 2.31. The molecular formula is C19H16F3N5O2. The van der Waals surface area contributed by atoms with Gasteiger partial charge in [-0.3, -0.25) is 4.57 Å². The lowest BCUT2D eigenvalue weighted by Crippen LogP contribution is -2.28. The number of carboxylic acids is 1. The van der Waals surface area contributed by atoms with Crippen LogP contribution in [0.4, 0.5) is 19.1 Å². The number of aromatic carboxylic acids is 1. The van der Waals surface area contributed by atoms with E-state index in [0.29, 0.717) is 11.8 Å². The maximum atomic E-state index is 13.1. The van der Waals surface area contributed by atoms with Crippen molar-refractivity contribution in [2.24, 2.45) is 0 Å². The molecule has 0 bridgehead atoms. The van der Waals surface area contributed by atoms with Crippen molar-refractivity contribution in [3.63, 3.8) is 0 Å². The Hall–Kier alpha value is -3.43. The number of alkyl halides is 3. The molecule has 0 unspecified atom stereocenters. The molecule has 1 fully saturated rings. The summed E-state index contributed by atoms with van der Waals surface area (Å²) in [6.07, 6.45) is 1.35. The first-order valence-corrected chi connectivity index (χ1v) is 8.91. The van der Waals surface area contributed by atoms with E-state index >= 15 is 0 Å². The van der Waals surface area contributed by atoms with Crippen LogP contribution >= 0.6 is 0 Å². The molecule has 2 N–H and O–H groups in total. The lowest BCUT2D eigenvalue weighted by atomic mass is 9.93. The molecule has 0 atom stereocenters. The van der Waals surface area contributed by atoms with E-state index in [-0.39, 0.29) is 23.1 Å². The topological polar surface area (TPSA) is 92.9 Å². The van der Waals surface area contributed by atoms with Crippen molar-refractivity contribution in [1.82, 2.24) is 19.5 Å². The minimum absolute atomic E-state index is 0.0433. The van der Waals surface area contributed by atoms with Crippen molar-refractivity contribution in [1.29, 1.82) is 0 Å². The third-order valence-corrected chi connectivity index (χ3v) is 4.70. The average molecular weight is 403 g/mol. The fraction of sp³-hybridized carbons (Fsp3) is 0.263. The normalized spacial score (nSPS) is 14.4. The summed E-state index contributed by atoms with van der Waals surface area (Å²) in [5, 5.41) is 12.5. The second-order valence-corrected chi connectivity index (χ2v) is 6.71. The fourth-order valence-corrected chi connectivity index (χ4v) is 2.98. The second-order valence-electron chi connectivity index (χ2n) is 6.71. The van der Waals surface area contributed by atoms with Gasteiger partial charge >= 0.3 is 12.1 Å². The van der Waals surface area contributed by atoms with Crippen LogP contribution in [0.25, 0.3) is 17.2 Å². The molecule has 10 heteroatoms. The zero-order valence-corrected chi connectivity index (χ0v) is 15.0. The van der Waals surface area contributed by atoms with Gasteiger partial charge in [0.1, 0.15) is 11.6 Å². The summed E-state index contributed by atoms with van der Waals surface area (Å²) in [5.41, 5.74) is -1.03. The van der Waals surface area contributed by atoms with E-state index in [9.17, 15) is 23.1 Å². The van der Waals surface area contributed by atoms with Crippen LogP contribution in [0.1, 0.15) is 35.3 Å². The molecule has 2 aromatic heterocycles. The molecule has 150 valence electrons. The third kappa shape index (κ3) is 3.91. The number of aromatic nitrogens is 4. The largest absolute Gasteiger partial charge is 0.476 e. The van der Waals surface area contributed by atoms with Gasteiger partial charge in [0, 0.05) is 24.0 Å². The van der Waals surface area contributed by atoms with Gasteiger partial charge in [-0.15, -0.1) is 0 Å². The highest BCUT2D eigenvalue weighted by Crippen LogP contribution is 2.32. The first-order valence-electron chi connectivity index (χ1n) is 8.91. The number of hydrogen-bond donors (Lipinski definition) is 2. The summed E-state index contributed by atoms with van der Waals surface area (Å²) < 4.78 is 40.7. The smallest absolute Gasteiger partial charge is 0.416 e. The second kappa shape index (κ2) is 7.19. The van der Waals surface area contributed by atoms with E-state index in [1.165, 1.54) is 35.2 Å². The molecular weight excluding hydrogens is 387 g/mol. The number of carbonyl (C=O) groups is 1. The van der Waals surface area contributed by atoms with Gasteiger partial charge in [-0.25, -0.2) is 14.8 Å². The summed E-state index contributed by atoms with van der Waals surface area (Å²) in [6.45, 7) is 0. The Bertz CT molecular complexity index is 1060. The highest BCUT2D eigenvalue weighted by molar-refractivity contribution is 5.86. The van der Waals surface area contributed by atoms with Crippen LogP contribution < -0.4 is 5.32 Å². The highest BCUT2D eigenvalue weighted by atomic mass is 19.4. The molecule has 0 aliphatic heterocycles. The quantitative estimate of drug-likeness (QED) is 0.669. The van der Waals surface area contributed by atoms with Crippen molar-refractivity contribution < 1.29 is 23.1 Å². The van der Waals surface area contributed by atoms with Crippen LogP contribution in [0.2, 0.25) is 0 Å². The number of halogens is 3. The summed E-state index contributed by atoms with van der Waals surface area (Å²) in [6, 6.07) is 6.39. The van der Waals surface area contributed by atoms with Crippen molar-refractivity contribution in [3.8, 4) is 17.2 Å². The number of carboxylic acid groups (broad SMARTS) is 1. The van der Waals surface area contributed by atoms with E-state index in [1.54, 1.807) is 0 Å². The van der Waals surface area contributed by atoms with Crippen molar-refractivity contribution in [2.45, 2.75) is 31.5 Å². The number of anilines is 1. The number of hydrogen-bond acceptors (Lipinski definition) is 5. The standard InChI is InChI=1S/C19H16F3N5O2/c20-19(21,22)12-4-1-3-11(9-12)16-25-14(17(28)29)10-27(16)15-7-8-23-18(26-15)24-13-5-2-6-13/h1,3-4,7-10,13H,2,5-6H2,(H,28,29)(H,23,24,26). The van der Waals surface area contributed by atoms with E-state index in [4.69, 9.17) is 0 Å². The van der Waals surface area contributed by atoms with Crippen molar-refractivity contribution in [3.05, 3.63) is 54.0 Å². The fourth-order valence-electron chi connectivity index (χ4n) is 2.98. The molecule has 1 aromatic carbocycles. The van der Waals surface area contributed by atoms with E-state index in [0.717, 1.165) is 31.4 Å². The third-order valence-electron chi connectivity index (χ3n) is 4.70. The van der Waals surface area contributed by atoms with Gasteiger partial charge in [-0.05, 0) is 37.5 Å². The summed E-state index contributed by atoms with van der Waals surface area (Å²) in [4.78, 5) is 24.0. The van der Waals surface area contributed by atoms with E-state index in [2.05, 4.69) is 20.3 Å². The SMILES string of the molecule is O=C(O)c1cn(-c2ccnc(NC3CCC3)n2)c(-c2cccc(C(F)(F)F)c2)n1. The minimum atomic E-state index is -4.53. The molecule has 1 saturated carbocycles. The van der Waals surface area contributed by atoms with Gasteiger partial charge in [0.15, 0.2) is 5.69 Å². The van der Waals surface area contributed by atoms with Gasteiger partial charge in [0.05, 0.1) is 5.56 Å². The van der Waals surface area contributed by atoms with Gasteiger partial charge in [-0.1, -0.05) is 12.1 Å². The molecule has 0 amide bonds. The predicted molar refractivity (Wildman–Crippen MR) is 97.8 cm³/mol. The number of imidazole rings is 1. The maximum Gasteiger partial charge on any atom is 0.416 e. The van der Waals surface area contributed by atoms with Gasteiger partial charge in [0.2, 0.25) is 5.95 Å². The Labute approximate surface area is 163 Å². The van der Waals surface area contributed by atoms with E-state index < -0.39 is 17.7 Å². The molecule has 7 nitrogen and oxygen atoms in total. The molecule has 0 spiro atoms.